The van der Waals surface area contributed by atoms with E-state index >= 15 is 0 Å². The molecule has 8 aromatic carbocycles. The highest BCUT2D eigenvalue weighted by atomic mass is 15.0. The lowest BCUT2D eigenvalue weighted by atomic mass is 9.82. The standard InChI is InChI=1S/C56H38N4/c1-35-32-38(29-30-40(35)54-53-47-25-13-15-27-52(47)60(39-18-6-3-7-19-39)55(53)46-24-12-14-26-49(46)57-54)56-58-50(36-16-4-2-5-17-36)34-51(59-56)37-28-31-45-43-22-9-8-20-41(43)42-21-10-11-23-44(42)48(45)33-37/h2-35,40H,1H3. The smallest absolute Gasteiger partial charge is 0.160 e. The van der Waals surface area contributed by atoms with E-state index in [0.29, 0.717) is 5.82 Å². The Balaban J connectivity index is 1.01. The highest BCUT2D eigenvalue weighted by Crippen LogP contribution is 2.44. The summed E-state index contributed by atoms with van der Waals surface area (Å²) in [4.78, 5) is 16.1. The van der Waals surface area contributed by atoms with Gasteiger partial charge in [-0.05, 0) is 74.6 Å². The van der Waals surface area contributed by atoms with Crippen molar-refractivity contribution in [3.63, 3.8) is 0 Å². The van der Waals surface area contributed by atoms with Crippen molar-refractivity contribution < 1.29 is 0 Å². The largest absolute Gasteiger partial charge is 0.308 e. The lowest BCUT2D eigenvalue weighted by molar-refractivity contribution is 0.628. The molecule has 3 heterocycles. The van der Waals surface area contributed by atoms with Gasteiger partial charge >= 0.3 is 0 Å². The van der Waals surface area contributed by atoms with Crippen LogP contribution in [0.1, 0.15) is 24.4 Å². The second kappa shape index (κ2) is 13.7. The summed E-state index contributed by atoms with van der Waals surface area (Å²) in [6, 6.07) is 64.9. The molecule has 0 saturated heterocycles. The van der Waals surface area contributed by atoms with Crippen molar-refractivity contribution >= 4 is 70.6 Å². The summed E-state index contributed by atoms with van der Waals surface area (Å²) >= 11 is 0. The lowest BCUT2D eigenvalue weighted by Gasteiger charge is -2.24. The number of rotatable bonds is 5. The number of pyridine rings is 1. The van der Waals surface area contributed by atoms with E-state index in [1.807, 2.05) is 0 Å². The number of aromatic nitrogens is 4. The van der Waals surface area contributed by atoms with E-state index in [0.717, 1.165) is 50.4 Å². The SMILES string of the molecule is CC1C=C(c2nc(-c3ccccc3)cc(-c3ccc4c5ccccc5c5ccccc5c4c3)n2)C=CC1c1nc2ccccc2c2c1c1ccccc1n2-c1ccccc1. The molecule has 60 heavy (non-hydrogen) atoms. The second-order valence-corrected chi connectivity index (χ2v) is 16.0. The number of fused-ring (bicyclic) bond motifs is 11. The van der Waals surface area contributed by atoms with E-state index in [1.54, 1.807) is 0 Å². The van der Waals surface area contributed by atoms with Crippen molar-refractivity contribution in [2.24, 2.45) is 5.92 Å². The Morgan fingerprint density at radius 3 is 1.73 bits per heavy atom. The summed E-state index contributed by atoms with van der Waals surface area (Å²) < 4.78 is 2.42. The van der Waals surface area contributed by atoms with Crippen LogP contribution >= 0.6 is 0 Å². The predicted molar refractivity (Wildman–Crippen MR) is 251 cm³/mol. The fourth-order valence-electron chi connectivity index (χ4n) is 9.66. The zero-order valence-electron chi connectivity index (χ0n) is 33.0. The maximum atomic E-state index is 5.48. The molecule has 1 aliphatic carbocycles. The predicted octanol–water partition coefficient (Wildman–Crippen LogP) is 14.3. The van der Waals surface area contributed by atoms with E-state index in [-0.39, 0.29) is 11.8 Å². The minimum absolute atomic E-state index is 0.0382. The van der Waals surface area contributed by atoms with Crippen LogP contribution in [0.2, 0.25) is 0 Å². The third-order valence-corrected chi connectivity index (χ3v) is 12.4. The summed E-state index contributed by atoms with van der Waals surface area (Å²) in [6.45, 7) is 2.30. The Morgan fingerprint density at radius 2 is 1.03 bits per heavy atom. The van der Waals surface area contributed by atoms with Crippen LogP contribution < -0.4 is 0 Å². The highest BCUT2D eigenvalue weighted by molar-refractivity contribution is 6.26. The van der Waals surface area contributed by atoms with E-state index in [4.69, 9.17) is 15.0 Å². The van der Waals surface area contributed by atoms with Crippen molar-refractivity contribution in [1.82, 2.24) is 19.5 Å². The van der Waals surface area contributed by atoms with Gasteiger partial charge in [0, 0.05) is 44.5 Å². The lowest BCUT2D eigenvalue weighted by Crippen LogP contribution is -2.12. The number of nitrogens with zero attached hydrogens (tertiary/aromatic N) is 4. The van der Waals surface area contributed by atoms with E-state index in [2.05, 4.69) is 212 Å². The third-order valence-electron chi connectivity index (χ3n) is 12.4. The molecule has 3 aromatic heterocycles. The van der Waals surface area contributed by atoms with Gasteiger partial charge < -0.3 is 4.57 Å². The van der Waals surface area contributed by atoms with Crippen LogP contribution in [0.15, 0.2) is 200 Å². The van der Waals surface area contributed by atoms with Crippen molar-refractivity contribution in [2.75, 3.05) is 0 Å². The van der Waals surface area contributed by atoms with Crippen LogP contribution in [0.4, 0.5) is 0 Å². The Labute approximate surface area is 347 Å². The van der Waals surface area contributed by atoms with Gasteiger partial charge in [-0.15, -0.1) is 0 Å². The van der Waals surface area contributed by atoms with Gasteiger partial charge in [-0.2, -0.15) is 0 Å². The van der Waals surface area contributed by atoms with Crippen LogP contribution in [0.25, 0.3) is 98.8 Å². The van der Waals surface area contributed by atoms with Crippen LogP contribution in [-0.4, -0.2) is 19.5 Å². The molecule has 0 amide bonds. The molecule has 0 bridgehead atoms. The van der Waals surface area contributed by atoms with Gasteiger partial charge in [-0.3, -0.25) is 4.98 Å². The average molecular weight is 767 g/mol. The van der Waals surface area contributed by atoms with Crippen LogP contribution in [-0.2, 0) is 0 Å². The molecule has 4 nitrogen and oxygen atoms in total. The Bertz CT molecular complexity index is 3530. The molecule has 0 fully saturated rings. The number of benzene rings is 8. The number of allylic oxidation sites excluding steroid dienone is 4. The summed E-state index contributed by atoms with van der Waals surface area (Å²) in [5.74, 6) is 0.873. The van der Waals surface area contributed by atoms with Crippen LogP contribution in [0.3, 0.4) is 0 Å². The van der Waals surface area contributed by atoms with Gasteiger partial charge in [-0.1, -0.05) is 171 Å². The normalized spacial score (nSPS) is 15.4. The molecular weight excluding hydrogens is 729 g/mol. The van der Waals surface area contributed by atoms with Crippen molar-refractivity contribution in [3.8, 4) is 28.2 Å². The molecule has 0 saturated carbocycles. The average Bonchev–Trinajstić information content (AvgIpc) is 3.67. The quantitative estimate of drug-likeness (QED) is 0.164. The number of hydrogen-bond acceptors (Lipinski definition) is 3. The molecule has 12 rings (SSSR count). The van der Waals surface area contributed by atoms with Crippen LogP contribution in [0.5, 0.6) is 0 Å². The van der Waals surface area contributed by atoms with Gasteiger partial charge in [-0.25, -0.2) is 9.97 Å². The topological polar surface area (TPSA) is 43.6 Å². The first-order valence-electron chi connectivity index (χ1n) is 20.7. The highest BCUT2D eigenvalue weighted by Gasteiger charge is 2.28. The summed E-state index contributed by atoms with van der Waals surface area (Å²) in [6.07, 6.45) is 6.89. The van der Waals surface area contributed by atoms with Crippen molar-refractivity contribution in [3.05, 3.63) is 212 Å². The number of para-hydroxylation sites is 3. The first-order valence-corrected chi connectivity index (χ1v) is 20.7. The zero-order valence-corrected chi connectivity index (χ0v) is 33.0. The van der Waals surface area contributed by atoms with Gasteiger partial charge in [0.1, 0.15) is 0 Å². The van der Waals surface area contributed by atoms with E-state index in [1.165, 1.54) is 54.1 Å². The minimum atomic E-state index is 0.0382. The summed E-state index contributed by atoms with van der Waals surface area (Å²) in [5.41, 5.74) is 10.5. The fourth-order valence-corrected chi connectivity index (χ4v) is 9.66. The van der Waals surface area contributed by atoms with Gasteiger partial charge in [0.2, 0.25) is 0 Å². The fraction of sp³-hybridized carbons (Fsp3) is 0.0536. The molecule has 4 heteroatoms. The molecule has 11 aromatic rings. The molecule has 282 valence electrons. The molecule has 2 atom stereocenters. The number of hydrogen-bond donors (Lipinski definition) is 0. The maximum absolute atomic E-state index is 5.48. The second-order valence-electron chi connectivity index (χ2n) is 16.0. The van der Waals surface area contributed by atoms with Crippen molar-refractivity contribution in [2.45, 2.75) is 12.8 Å². The van der Waals surface area contributed by atoms with Gasteiger partial charge in [0.25, 0.3) is 0 Å². The summed E-state index contributed by atoms with van der Waals surface area (Å²) in [5, 5.41) is 11.1. The molecule has 2 unspecified atom stereocenters. The third kappa shape index (κ3) is 5.41. The van der Waals surface area contributed by atoms with Gasteiger partial charge in [0.15, 0.2) is 5.82 Å². The van der Waals surface area contributed by atoms with Gasteiger partial charge in [0.05, 0.1) is 33.6 Å². The Kier molecular flexibility index (Phi) is 7.85. The zero-order chi connectivity index (χ0) is 39.7. The monoisotopic (exact) mass is 766 g/mol. The van der Waals surface area contributed by atoms with E-state index in [9.17, 15) is 0 Å². The summed E-state index contributed by atoms with van der Waals surface area (Å²) in [7, 11) is 0. The van der Waals surface area contributed by atoms with Crippen molar-refractivity contribution in [1.29, 1.82) is 0 Å². The maximum Gasteiger partial charge on any atom is 0.160 e. The molecule has 0 N–H and O–H groups in total. The Hall–Kier alpha value is -7.69. The molecule has 1 aliphatic rings. The first-order chi connectivity index (χ1) is 29.7. The first kappa shape index (κ1) is 34.4. The molecule has 0 spiro atoms. The molecule has 0 aliphatic heterocycles. The van der Waals surface area contributed by atoms with E-state index < -0.39 is 0 Å². The molecular formula is C56H38N4. The van der Waals surface area contributed by atoms with Crippen LogP contribution in [0, 0.1) is 5.92 Å². The Morgan fingerprint density at radius 1 is 0.467 bits per heavy atom. The molecule has 0 radical (unpaired) electrons. The minimum Gasteiger partial charge on any atom is -0.308 e.